The van der Waals surface area contributed by atoms with Crippen LogP contribution < -0.4 is 15.4 Å². The van der Waals surface area contributed by atoms with E-state index < -0.39 is 23.8 Å². The fourth-order valence-electron chi connectivity index (χ4n) is 3.13. The second-order valence-electron chi connectivity index (χ2n) is 8.12. The molecule has 0 spiro atoms. The number of ether oxygens (including phenoxy) is 2. The number of para-hydroxylation sites is 1. The maximum absolute atomic E-state index is 12.5. The van der Waals surface area contributed by atoms with Crippen molar-refractivity contribution < 1.29 is 19.1 Å². The SMILES string of the molecule is CC1Oc2cccc(C(Cc3ccc(Cl)c(Cl)c3)NC(=O)OC(C)(C)C)c2NC1=O. The van der Waals surface area contributed by atoms with Crippen LogP contribution in [0.1, 0.15) is 44.9 Å². The highest BCUT2D eigenvalue weighted by atomic mass is 35.5. The Bertz CT molecular complexity index is 972. The molecule has 2 atom stereocenters. The van der Waals surface area contributed by atoms with Gasteiger partial charge in [0.2, 0.25) is 0 Å². The molecule has 1 aliphatic heterocycles. The van der Waals surface area contributed by atoms with E-state index in [1.54, 1.807) is 45.9 Å². The number of halogens is 2. The standard InChI is InChI=1S/C22H24Cl2N2O4/c1-12-20(27)26-19-14(6-5-7-18(19)29-12)17(25-21(28)30-22(2,3)4)11-13-8-9-15(23)16(24)10-13/h5-10,12,17H,11H2,1-4H3,(H,25,28)(H,26,27). The topological polar surface area (TPSA) is 76.7 Å². The first-order valence-electron chi connectivity index (χ1n) is 9.57. The van der Waals surface area contributed by atoms with Gasteiger partial charge in [0.15, 0.2) is 6.10 Å². The van der Waals surface area contributed by atoms with Crippen molar-refractivity contribution in [2.45, 2.75) is 51.9 Å². The molecule has 0 saturated heterocycles. The Morgan fingerprint density at radius 1 is 1.23 bits per heavy atom. The highest BCUT2D eigenvalue weighted by Crippen LogP contribution is 2.37. The quantitative estimate of drug-likeness (QED) is 0.642. The van der Waals surface area contributed by atoms with Crippen molar-refractivity contribution >= 4 is 40.9 Å². The Labute approximate surface area is 185 Å². The Morgan fingerprint density at radius 2 is 1.97 bits per heavy atom. The van der Waals surface area contributed by atoms with Crippen LogP contribution in [0.15, 0.2) is 36.4 Å². The van der Waals surface area contributed by atoms with Gasteiger partial charge >= 0.3 is 6.09 Å². The first-order valence-corrected chi connectivity index (χ1v) is 10.3. The Hall–Kier alpha value is -2.44. The maximum Gasteiger partial charge on any atom is 0.408 e. The second kappa shape index (κ2) is 8.74. The van der Waals surface area contributed by atoms with Crippen LogP contribution in [0.3, 0.4) is 0 Å². The van der Waals surface area contributed by atoms with Crippen molar-refractivity contribution in [2.75, 3.05) is 5.32 Å². The molecule has 160 valence electrons. The number of nitrogens with one attached hydrogen (secondary N) is 2. The van der Waals surface area contributed by atoms with Crippen molar-refractivity contribution in [1.29, 1.82) is 0 Å². The third-order valence-corrected chi connectivity index (χ3v) is 5.21. The van der Waals surface area contributed by atoms with Crippen LogP contribution in [-0.2, 0) is 16.0 Å². The highest BCUT2D eigenvalue weighted by molar-refractivity contribution is 6.42. The molecule has 0 radical (unpaired) electrons. The number of amides is 2. The molecular formula is C22H24Cl2N2O4. The highest BCUT2D eigenvalue weighted by Gasteiger charge is 2.29. The lowest BCUT2D eigenvalue weighted by Crippen LogP contribution is -2.38. The van der Waals surface area contributed by atoms with E-state index in [4.69, 9.17) is 32.7 Å². The zero-order chi connectivity index (χ0) is 22.1. The lowest BCUT2D eigenvalue weighted by Gasteiger charge is -2.29. The molecule has 2 unspecified atom stereocenters. The van der Waals surface area contributed by atoms with Crippen LogP contribution >= 0.6 is 23.2 Å². The first-order chi connectivity index (χ1) is 14.0. The fraction of sp³-hybridized carbons (Fsp3) is 0.364. The number of rotatable bonds is 4. The summed E-state index contributed by atoms with van der Waals surface area (Å²) >= 11 is 12.2. The average Bonchev–Trinajstić information content (AvgIpc) is 2.63. The van der Waals surface area contributed by atoms with Crippen LogP contribution in [0.2, 0.25) is 10.0 Å². The van der Waals surface area contributed by atoms with E-state index in [-0.39, 0.29) is 5.91 Å². The second-order valence-corrected chi connectivity index (χ2v) is 8.94. The van der Waals surface area contributed by atoms with E-state index >= 15 is 0 Å². The van der Waals surface area contributed by atoms with Crippen molar-refractivity contribution in [3.05, 3.63) is 57.6 Å². The van der Waals surface area contributed by atoms with Crippen molar-refractivity contribution in [3.8, 4) is 5.75 Å². The molecule has 0 aromatic heterocycles. The molecule has 2 aromatic rings. The molecule has 2 amide bonds. The number of carbonyl (C=O) groups is 2. The zero-order valence-electron chi connectivity index (χ0n) is 17.2. The van der Waals surface area contributed by atoms with E-state index in [1.165, 1.54) is 0 Å². The molecule has 0 bridgehead atoms. The van der Waals surface area contributed by atoms with Crippen LogP contribution in [0.5, 0.6) is 5.75 Å². The molecule has 0 saturated carbocycles. The summed E-state index contributed by atoms with van der Waals surface area (Å²) in [6.45, 7) is 7.05. The Balaban J connectivity index is 1.97. The molecule has 2 aromatic carbocycles. The number of carbonyl (C=O) groups excluding carboxylic acids is 2. The smallest absolute Gasteiger partial charge is 0.408 e. The summed E-state index contributed by atoms with van der Waals surface area (Å²) in [5.41, 5.74) is 1.44. The van der Waals surface area contributed by atoms with Gasteiger partial charge in [0.05, 0.1) is 21.8 Å². The third kappa shape index (κ3) is 5.37. The zero-order valence-corrected chi connectivity index (χ0v) is 18.7. The van der Waals surface area contributed by atoms with Crippen LogP contribution in [0.4, 0.5) is 10.5 Å². The number of hydrogen-bond acceptors (Lipinski definition) is 4. The monoisotopic (exact) mass is 450 g/mol. The van der Waals surface area contributed by atoms with Crippen LogP contribution in [0.25, 0.3) is 0 Å². The Morgan fingerprint density at radius 3 is 2.63 bits per heavy atom. The summed E-state index contributed by atoms with van der Waals surface area (Å²) in [5.74, 6) is 0.297. The molecule has 0 fully saturated rings. The number of fused-ring (bicyclic) bond motifs is 1. The minimum absolute atomic E-state index is 0.250. The van der Waals surface area contributed by atoms with Gasteiger partial charge in [-0.2, -0.15) is 0 Å². The minimum atomic E-state index is -0.652. The molecule has 1 heterocycles. The van der Waals surface area contributed by atoms with Gasteiger partial charge in [-0.15, -0.1) is 0 Å². The predicted octanol–water partition coefficient (Wildman–Crippen LogP) is 5.52. The lowest BCUT2D eigenvalue weighted by atomic mass is 9.96. The van der Waals surface area contributed by atoms with Gasteiger partial charge in [0.25, 0.3) is 5.91 Å². The van der Waals surface area contributed by atoms with Gasteiger partial charge in [-0.05, 0) is 57.9 Å². The minimum Gasteiger partial charge on any atom is -0.479 e. The lowest BCUT2D eigenvalue weighted by molar-refractivity contribution is -0.122. The van der Waals surface area contributed by atoms with E-state index in [1.807, 2.05) is 18.2 Å². The van der Waals surface area contributed by atoms with E-state index in [0.717, 1.165) is 5.56 Å². The number of benzene rings is 2. The third-order valence-electron chi connectivity index (χ3n) is 4.47. The molecule has 8 heteroatoms. The number of anilines is 1. The summed E-state index contributed by atoms with van der Waals surface area (Å²) < 4.78 is 11.1. The normalized spacial score (nSPS) is 16.7. The summed E-state index contributed by atoms with van der Waals surface area (Å²) in [7, 11) is 0. The van der Waals surface area contributed by atoms with Gasteiger partial charge in [0, 0.05) is 5.56 Å². The maximum atomic E-state index is 12.5. The van der Waals surface area contributed by atoms with Gasteiger partial charge in [-0.1, -0.05) is 41.4 Å². The molecule has 6 nitrogen and oxygen atoms in total. The largest absolute Gasteiger partial charge is 0.479 e. The Kier molecular flexibility index (Phi) is 6.48. The predicted molar refractivity (Wildman–Crippen MR) is 117 cm³/mol. The van der Waals surface area contributed by atoms with Crippen molar-refractivity contribution in [3.63, 3.8) is 0 Å². The molecule has 2 N–H and O–H groups in total. The van der Waals surface area contributed by atoms with Gasteiger partial charge < -0.3 is 20.1 Å². The van der Waals surface area contributed by atoms with E-state index in [9.17, 15) is 9.59 Å². The van der Waals surface area contributed by atoms with Gasteiger partial charge in [-0.3, -0.25) is 4.79 Å². The fourth-order valence-corrected chi connectivity index (χ4v) is 3.45. The van der Waals surface area contributed by atoms with Gasteiger partial charge in [0.1, 0.15) is 11.4 Å². The summed E-state index contributed by atoms with van der Waals surface area (Å²) in [6.07, 6.45) is -0.764. The number of hydrogen-bond donors (Lipinski definition) is 2. The number of alkyl carbamates (subject to hydrolysis) is 1. The molecule has 3 rings (SSSR count). The van der Waals surface area contributed by atoms with Crippen molar-refractivity contribution in [1.82, 2.24) is 5.32 Å². The average molecular weight is 451 g/mol. The summed E-state index contributed by atoms with van der Waals surface area (Å²) in [5, 5.41) is 6.66. The molecular weight excluding hydrogens is 427 g/mol. The summed E-state index contributed by atoms with van der Waals surface area (Å²) in [4.78, 5) is 24.7. The summed E-state index contributed by atoms with van der Waals surface area (Å²) in [6, 6.07) is 10.2. The van der Waals surface area contributed by atoms with Gasteiger partial charge in [-0.25, -0.2) is 4.79 Å². The molecule has 0 aliphatic carbocycles. The molecule has 30 heavy (non-hydrogen) atoms. The first kappa shape index (κ1) is 22.2. The molecule has 1 aliphatic rings. The van der Waals surface area contributed by atoms with Crippen LogP contribution in [0, 0.1) is 0 Å². The van der Waals surface area contributed by atoms with Crippen LogP contribution in [-0.4, -0.2) is 23.7 Å². The van der Waals surface area contributed by atoms with E-state index in [0.29, 0.717) is 33.5 Å². The van der Waals surface area contributed by atoms with Crippen molar-refractivity contribution in [2.24, 2.45) is 0 Å². The van der Waals surface area contributed by atoms with E-state index in [2.05, 4.69) is 10.6 Å².